The summed E-state index contributed by atoms with van der Waals surface area (Å²) in [5.41, 5.74) is 17.0. The Labute approximate surface area is 254 Å². The highest BCUT2D eigenvalue weighted by atomic mass is 32.2. The van der Waals surface area contributed by atoms with Crippen LogP contribution in [-0.4, -0.2) is 114 Å². The van der Waals surface area contributed by atoms with E-state index in [-0.39, 0.29) is 52.8 Å². The highest BCUT2D eigenvalue weighted by Gasteiger charge is 2.52. The summed E-state index contributed by atoms with van der Waals surface area (Å²) in [5.74, 6) is 0.503. The first-order chi connectivity index (χ1) is 20.5. The largest absolute Gasteiger partial charge is 0.378 e. The third kappa shape index (κ3) is 5.86. The zero-order valence-electron chi connectivity index (χ0n) is 23.8. The molecule has 11 N–H and O–H groups in total. The molecule has 6 fully saturated rings. The van der Waals surface area contributed by atoms with Crippen molar-refractivity contribution in [2.75, 3.05) is 38.7 Å². The molecule has 0 aromatic carbocycles. The van der Waals surface area contributed by atoms with Crippen LogP contribution in [0.4, 0.5) is 0 Å². The fraction of sp³-hybridized carbons (Fsp3) is 0.846. The summed E-state index contributed by atoms with van der Waals surface area (Å²) in [6.07, 6.45) is 5.98. The van der Waals surface area contributed by atoms with E-state index in [1.165, 1.54) is 12.8 Å². The number of carbonyl (C=O) groups is 2. The molecule has 0 spiro atoms. The molecular weight excluding hydrogens is 580 g/mol. The summed E-state index contributed by atoms with van der Waals surface area (Å²) in [6, 6.07) is 0.726. The molecule has 0 bridgehead atoms. The summed E-state index contributed by atoms with van der Waals surface area (Å²) < 4.78 is 5.52. The second-order valence-electron chi connectivity index (χ2n) is 12.4. The number of thioether (sulfide) groups is 2. The molecule has 1 aliphatic carbocycles. The summed E-state index contributed by atoms with van der Waals surface area (Å²) in [6.45, 7) is 3.59. The maximum absolute atomic E-state index is 13.1. The molecule has 0 aromatic heterocycles. The lowest BCUT2D eigenvalue weighted by Gasteiger charge is -2.47. The molecule has 1 saturated carbocycles. The number of carbonyl (C=O) groups excluding carboxylic acids is 2. The van der Waals surface area contributed by atoms with Crippen molar-refractivity contribution in [2.45, 2.75) is 85.6 Å². The van der Waals surface area contributed by atoms with Crippen LogP contribution >= 0.6 is 23.5 Å². The van der Waals surface area contributed by atoms with E-state index < -0.39 is 12.1 Å². The monoisotopic (exact) mass is 625 g/mol. The quantitative estimate of drug-likeness (QED) is 0.143. The number of nitrogens with two attached hydrogens (primary N) is 1. The zero-order chi connectivity index (χ0) is 28.8. The lowest BCUT2D eigenvalue weighted by molar-refractivity contribution is -0.431. The predicted molar refractivity (Wildman–Crippen MR) is 158 cm³/mol. The highest BCUT2D eigenvalue weighted by Crippen LogP contribution is 2.49. The van der Waals surface area contributed by atoms with Gasteiger partial charge in [-0.3, -0.25) is 35.7 Å². The number of nitrogens with zero attached hydrogens (tertiary/aromatic N) is 2. The molecule has 14 nitrogen and oxygen atoms in total. The molecule has 5 saturated heterocycles. The predicted octanol–water partition coefficient (Wildman–Crippen LogP) is -3.06. The van der Waals surface area contributed by atoms with Gasteiger partial charge in [0.25, 0.3) is 0 Å². The van der Waals surface area contributed by atoms with Crippen molar-refractivity contribution in [2.24, 2.45) is 17.6 Å². The number of nitrogens with one attached hydrogen (secondary N) is 6. The van der Waals surface area contributed by atoms with Gasteiger partial charge < -0.3 is 21.1 Å². The van der Waals surface area contributed by atoms with Crippen LogP contribution in [0.5, 0.6) is 0 Å². The molecule has 0 aromatic rings. The van der Waals surface area contributed by atoms with Gasteiger partial charge in [-0.25, -0.2) is 5.43 Å². The second-order valence-corrected chi connectivity index (χ2v) is 14.8. The van der Waals surface area contributed by atoms with Crippen LogP contribution in [-0.2, 0) is 19.2 Å². The van der Waals surface area contributed by atoms with E-state index in [4.69, 9.17) is 15.3 Å². The van der Waals surface area contributed by atoms with Crippen molar-refractivity contribution in [1.82, 2.24) is 42.1 Å². The standard InChI is InChI=1S/C26H44N10O4S2/c27-14-3-1-2-4-15(14)31-26-33-24(20(23(28)38)25-29-12-30-36(25)26)32-18-9-16(34-40-18)13-11-41-22-17(37)10-19(42-21(13)22)35-5-7-39-8-6-35/h10,13-16,18,20-22,24-26,29-34H,1-9,11-12,27H2,(H2,28,38)/p+1/t13?,14-,15+,16?,18?,20?,21?,22?,24?,25?,26?/m1/s1. The zero-order valence-corrected chi connectivity index (χ0v) is 25.5. The fourth-order valence-electron chi connectivity index (χ4n) is 7.51. The maximum Gasteiger partial charge on any atom is 0.226 e. The molecular formula is C26H45N10O4S2+. The molecule has 11 atom stereocenters. The number of ketones is 1. The van der Waals surface area contributed by atoms with Crippen molar-refractivity contribution in [1.29, 1.82) is 0 Å². The van der Waals surface area contributed by atoms with Gasteiger partial charge in [0.2, 0.25) is 5.91 Å². The number of ether oxygens (including phenoxy) is 1. The molecule has 6 heterocycles. The molecule has 9 unspecified atom stereocenters. The Morgan fingerprint density at radius 1 is 1.19 bits per heavy atom. The van der Waals surface area contributed by atoms with Gasteiger partial charge in [0, 0.05) is 43.3 Å². The number of hydrogen-bond donors (Lipinski definition) is 8. The van der Waals surface area contributed by atoms with Crippen LogP contribution < -0.4 is 43.6 Å². The number of hydrogen-bond acceptors (Lipinski definition) is 14. The molecule has 1 amide bonds. The van der Waals surface area contributed by atoms with Crippen LogP contribution in [0.2, 0.25) is 0 Å². The molecule has 234 valence electrons. The Hall–Kier alpha value is -1.02. The molecule has 0 radical (unpaired) electrons. The first-order valence-corrected chi connectivity index (χ1v) is 17.3. The minimum atomic E-state index is -0.526. The Kier molecular flexibility index (Phi) is 9.02. The number of rotatable bonds is 7. The Balaban J connectivity index is 1.01. The summed E-state index contributed by atoms with van der Waals surface area (Å²) in [7, 11) is 0. The lowest BCUT2D eigenvalue weighted by Crippen LogP contribution is -2.79. The van der Waals surface area contributed by atoms with Crippen LogP contribution in [0.25, 0.3) is 0 Å². The van der Waals surface area contributed by atoms with E-state index in [1.807, 2.05) is 22.8 Å². The van der Waals surface area contributed by atoms with Gasteiger partial charge in [0.15, 0.2) is 5.78 Å². The van der Waals surface area contributed by atoms with E-state index in [1.54, 1.807) is 11.8 Å². The van der Waals surface area contributed by atoms with Crippen molar-refractivity contribution in [3.63, 3.8) is 0 Å². The lowest BCUT2D eigenvalue weighted by atomic mass is 9.90. The fourth-order valence-corrected chi connectivity index (χ4v) is 11.0. The Morgan fingerprint density at radius 3 is 2.83 bits per heavy atom. The summed E-state index contributed by atoms with van der Waals surface area (Å²) in [4.78, 5) is 34.2. The smallest absolute Gasteiger partial charge is 0.226 e. The van der Waals surface area contributed by atoms with E-state index in [0.29, 0.717) is 32.0 Å². The molecule has 16 heteroatoms. The van der Waals surface area contributed by atoms with Crippen LogP contribution in [0.15, 0.2) is 11.1 Å². The summed E-state index contributed by atoms with van der Waals surface area (Å²) in [5, 5.41) is 17.6. The van der Waals surface area contributed by atoms with Crippen molar-refractivity contribution < 1.29 is 24.9 Å². The minimum absolute atomic E-state index is 0.0201. The minimum Gasteiger partial charge on any atom is -0.378 e. The number of fused-ring (bicyclic) bond motifs is 2. The maximum atomic E-state index is 13.1. The average molecular weight is 626 g/mol. The van der Waals surface area contributed by atoms with E-state index in [0.717, 1.165) is 43.1 Å². The van der Waals surface area contributed by atoms with Crippen LogP contribution in [0.1, 0.15) is 32.1 Å². The van der Waals surface area contributed by atoms with Crippen molar-refractivity contribution in [3.8, 4) is 0 Å². The normalized spacial score (nSPS) is 44.6. The SMILES string of the molecule is NC(=O)C1C(NC2CC(C3CSC4C(=O)C=C(N5CCOCC5)SC43)NO2)NC(N[C@H]2CCCC[C@H]2[NH3+])N2NCNC12. The van der Waals surface area contributed by atoms with Crippen LogP contribution in [0, 0.1) is 11.8 Å². The molecule has 7 aliphatic rings. The molecule has 6 aliphatic heterocycles. The van der Waals surface area contributed by atoms with E-state index >= 15 is 0 Å². The second kappa shape index (κ2) is 12.8. The van der Waals surface area contributed by atoms with E-state index in [2.05, 4.69) is 42.8 Å². The first-order valence-electron chi connectivity index (χ1n) is 15.4. The van der Waals surface area contributed by atoms with Gasteiger partial charge in [-0.2, -0.15) is 10.5 Å². The van der Waals surface area contributed by atoms with Gasteiger partial charge >= 0.3 is 0 Å². The van der Waals surface area contributed by atoms with E-state index in [9.17, 15) is 9.59 Å². The number of primary amides is 1. The number of hydrazine groups is 1. The number of quaternary nitrogens is 1. The third-order valence-corrected chi connectivity index (χ3v) is 13.0. The van der Waals surface area contributed by atoms with Gasteiger partial charge in [0.05, 0.1) is 60.5 Å². The Morgan fingerprint density at radius 2 is 2.02 bits per heavy atom. The number of hydroxylamine groups is 1. The number of morpholine rings is 1. The molecule has 42 heavy (non-hydrogen) atoms. The van der Waals surface area contributed by atoms with Gasteiger partial charge in [-0.05, 0) is 24.5 Å². The van der Waals surface area contributed by atoms with Gasteiger partial charge in [0.1, 0.15) is 12.5 Å². The average Bonchev–Trinajstić information content (AvgIpc) is 3.75. The topological polar surface area (TPSA) is 185 Å². The van der Waals surface area contributed by atoms with Crippen molar-refractivity contribution in [3.05, 3.63) is 11.1 Å². The molecule has 7 rings (SSSR count). The number of amides is 1. The van der Waals surface area contributed by atoms with Crippen molar-refractivity contribution >= 4 is 35.2 Å². The first kappa shape index (κ1) is 29.7. The van der Waals surface area contributed by atoms with Crippen LogP contribution in [0.3, 0.4) is 0 Å². The van der Waals surface area contributed by atoms with Gasteiger partial charge in [-0.1, -0.05) is 6.42 Å². The number of allylic oxidation sites excluding steroid dienone is 1. The third-order valence-electron chi connectivity index (χ3n) is 9.82. The highest BCUT2D eigenvalue weighted by molar-refractivity contribution is 8.07. The van der Waals surface area contributed by atoms with Gasteiger partial charge in [-0.15, -0.1) is 23.5 Å². The summed E-state index contributed by atoms with van der Waals surface area (Å²) >= 11 is 3.61. The Bertz CT molecular complexity index is 1050.